The highest BCUT2D eigenvalue weighted by Crippen LogP contribution is 2.17. The van der Waals surface area contributed by atoms with Crippen molar-refractivity contribution in [1.82, 2.24) is 4.98 Å². The molecule has 2 aromatic rings. The van der Waals surface area contributed by atoms with Crippen LogP contribution in [0.4, 0.5) is 5.69 Å². The molecule has 0 unspecified atom stereocenters. The molecular formula is C16H13N3O2. The molecule has 0 saturated heterocycles. The second kappa shape index (κ2) is 6.00. The summed E-state index contributed by atoms with van der Waals surface area (Å²) in [5, 5.41) is 5.56. The SMILES string of the molecule is O=C1COC(/C=C/c2ccccn2)=NN1c1ccccc1. The molecule has 104 valence electrons. The molecule has 0 N–H and O–H groups in total. The minimum Gasteiger partial charge on any atom is -0.466 e. The summed E-state index contributed by atoms with van der Waals surface area (Å²) in [4.78, 5) is 16.0. The second-order valence-electron chi connectivity index (χ2n) is 4.36. The second-order valence-corrected chi connectivity index (χ2v) is 4.36. The van der Waals surface area contributed by atoms with Gasteiger partial charge in [-0.3, -0.25) is 9.78 Å². The van der Waals surface area contributed by atoms with Gasteiger partial charge in [0.15, 0.2) is 6.61 Å². The minimum absolute atomic E-state index is 0.0275. The van der Waals surface area contributed by atoms with Gasteiger partial charge in [-0.1, -0.05) is 24.3 Å². The van der Waals surface area contributed by atoms with Crippen LogP contribution in [0.1, 0.15) is 5.69 Å². The van der Waals surface area contributed by atoms with E-state index in [-0.39, 0.29) is 12.5 Å². The Morgan fingerprint density at radius 3 is 2.62 bits per heavy atom. The first-order chi connectivity index (χ1) is 10.3. The van der Waals surface area contributed by atoms with Crippen LogP contribution in [0.3, 0.4) is 0 Å². The van der Waals surface area contributed by atoms with Crippen LogP contribution in [0.2, 0.25) is 0 Å². The van der Waals surface area contributed by atoms with E-state index in [1.165, 1.54) is 5.01 Å². The van der Waals surface area contributed by atoms with Crippen LogP contribution in [-0.2, 0) is 9.53 Å². The highest BCUT2D eigenvalue weighted by atomic mass is 16.5. The first-order valence-corrected chi connectivity index (χ1v) is 6.51. The Hall–Kier alpha value is -2.95. The van der Waals surface area contributed by atoms with E-state index in [0.29, 0.717) is 5.90 Å². The number of hydrogen-bond acceptors (Lipinski definition) is 4. The van der Waals surface area contributed by atoms with Gasteiger partial charge in [-0.25, -0.2) is 0 Å². The maximum absolute atomic E-state index is 11.9. The van der Waals surface area contributed by atoms with E-state index in [9.17, 15) is 4.79 Å². The predicted octanol–water partition coefficient (Wildman–Crippen LogP) is 2.47. The Morgan fingerprint density at radius 1 is 1.05 bits per heavy atom. The van der Waals surface area contributed by atoms with Crippen LogP contribution in [0, 0.1) is 0 Å². The molecule has 0 fully saturated rings. The number of carbonyl (C=O) groups is 1. The molecule has 3 rings (SSSR count). The minimum atomic E-state index is -0.198. The van der Waals surface area contributed by atoms with E-state index in [1.54, 1.807) is 18.3 Å². The summed E-state index contributed by atoms with van der Waals surface area (Å²) in [5.41, 5.74) is 1.52. The van der Waals surface area contributed by atoms with Gasteiger partial charge in [0.2, 0.25) is 5.90 Å². The third kappa shape index (κ3) is 3.14. The number of rotatable bonds is 3. The summed E-state index contributed by atoms with van der Waals surface area (Å²) in [5.74, 6) is 0.181. The van der Waals surface area contributed by atoms with Crippen LogP contribution < -0.4 is 5.01 Å². The number of aromatic nitrogens is 1. The number of hydrazone groups is 1. The molecule has 0 saturated carbocycles. The number of anilines is 1. The molecule has 1 amide bonds. The van der Waals surface area contributed by atoms with E-state index in [0.717, 1.165) is 11.4 Å². The number of para-hydroxylation sites is 1. The molecule has 2 heterocycles. The lowest BCUT2D eigenvalue weighted by Gasteiger charge is -2.22. The summed E-state index contributed by atoms with van der Waals surface area (Å²) in [7, 11) is 0. The van der Waals surface area contributed by atoms with Crippen LogP contribution in [0.5, 0.6) is 0 Å². The Morgan fingerprint density at radius 2 is 1.86 bits per heavy atom. The topological polar surface area (TPSA) is 54.8 Å². The van der Waals surface area contributed by atoms with Gasteiger partial charge < -0.3 is 4.74 Å². The summed E-state index contributed by atoms with van der Waals surface area (Å²) in [6.45, 7) is -0.0275. The zero-order chi connectivity index (χ0) is 14.5. The van der Waals surface area contributed by atoms with E-state index in [2.05, 4.69) is 10.1 Å². The van der Waals surface area contributed by atoms with Crippen molar-refractivity contribution in [2.75, 3.05) is 11.6 Å². The average molecular weight is 279 g/mol. The highest BCUT2D eigenvalue weighted by Gasteiger charge is 2.21. The Labute approximate surface area is 122 Å². The predicted molar refractivity (Wildman–Crippen MR) is 80.6 cm³/mol. The molecule has 1 aliphatic rings. The van der Waals surface area contributed by atoms with Crippen LogP contribution in [-0.4, -0.2) is 23.4 Å². The fraction of sp³-hybridized carbons (Fsp3) is 0.0625. The Kier molecular flexibility index (Phi) is 3.73. The number of pyridine rings is 1. The van der Waals surface area contributed by atoms with Gasteiger partial charge >= 0.3 is 0 Å². The number of hydrogen-bond donors (Lipinski definition) is 0. The first kappa shape index (κ1) is 13.1. The smallest absolute Gasteiger partial charge is 0.285 e. The van der Waals surface area contributed by atoms with Gasteiger partial charge in [0.05, 0.1) is 11.4 Å². The number of carbonyl (C=O) groups excluding carboxylic acids is 1. The van der Waals surface area contributed by atoms with Crippen molar-refractivity contribution in [1.29, 1.82) is 0 Å². The number of amides is 1. The standard InChI is InChI=1S/C16H13N3O2/c20-16-12-21-15(10-9-13-6-4-5-11-17-13)18-19(16)14-7-2-1-3-8-14/h1-11H,12H2/b10-9+. The molecule has 0 bridgehead atoms. The normalized spacial score (nSPS) is 15.0. The van der Waals surface area contributed by atoms with Gasteiger partial charge in [0.1, 0.15) is 0 Å². The van der Waals surface area contributed by atoms with Crippen molar-refractivity contribution < 1.29 is 9.53 Å². The maximum atomic E-state index is 11.9. The van der Waals surface area contributed by atoms with Gasteiger partial charge in [0.25, 0.3) is 5.91 Å². The summed E-state index contributed by atoms with van der Waals surface area (Å²) < 4.78 is 5.31. The average Bonchev–Trinajstić information content (AvgIpc) is 2.56. The number of ether oxygens (including phenoxy) is 1. The third-order valence-electron chi connectivity index (χ3n) is 2.86. The lowest BCUT2D eigenvalue weighted by Crippen LogP contribution is -2.35. The van der Waals surface area contributed by atoms with Gasteiger partial charge in [-0.15, -0.1) is 5.10 Å². The maximum Gasteiger partial charge on any atom is 0.285 e. The van der Waals surface area contributed by atoms with Crippen molar-refractivity contribution in [3.8, 4) is 0 Å². The van der Waals surface area contributed by atoms with Gasteiger partial charge in [0, 0.05) is 12.3 Å². The van der Waals surface area contributed by atoms with Crippen molar-refractivity contribution in [2.24, 2.45) is 5.10 Å². The third-order valence-corrected chi connectivity index (χ3v) is 2.86. The summed E-state index contributed by atoms with van der Waals surface area (Å²) in [6, 6.07) is 14.9. The lowest BCUT2D eigenvalue weighted by molar-refractivity contribution is -0.121. The lowest BCUT2D eigenvalue weighted by atomic mass is 10.3. The molecule has 0 aliphatic carbocycles. The summed E-state index contributed by atoms with van der Waals surface area (Å²) >= 11 is 0. The molecule has 1 aromatic heterocycles. The van der Waals surface area contributed by atoms with Crippen LogP contribution >= 0.6 is 0 Å². The van der Waals surface area contributed by atoms with Crippen molar-refractivity contribution >= 4 is 23.6 Å². The van der Waals surface area contributed by atoms with E-state index < -0.39 is 0 Å². The Balaban J connectivity index is 1.83. The van der Waals surface area contributed by atoms with E-state index in [4.69, 9.17) is 4.74 Å². The molecule has 0 atom stereocenters. The fourth-order valence-electron chi connectivity index (χ4n) is 1.86. The van der Waals surface area contributed by atoms with Crippen molar-refractivity contribution in [2.45, 2.75) is 0 Å². The van der Waals surface area contributed by atoms with Crippen molar-refractivity contribution in [3.63, 3.8) is 0 Å². The van der Waals surface area contributed by atoms with Crippen molar-refractivity contribution in [3.05, 3.63) is 66.5 Å². The molecule has 0 spiro atoms. The summed E-state index contributed by atoms with van der Waals surface area (Å²) in [6.07, 6.45) is 5.20. The fourth-order valence-corrected chi connectivity index (χ4v) is 1.86. The van der Waals surface area contributed by atoms with Crippen LogP contribution in [0.25, 0.3) is 6.08 Å². The molecule has 1 aromatic carbocycles. The first-order valence-electron chi connectivity index (χ1n) is 6.51. The molecule has 5 heteroatoms. The molecule has 21 heavy (non-hydrogen) atoms. The van der Waals surface area contributed by atoms with Gasteiger partial charge in [-0.2, -0.15) is 5.01 Å². The number of nitrogens with zero attached hydrogens (tertiary/aromatic N) is 3. The Bertz CT molecular complexity index is 681. The molecule has 0 radical (unpaired) electrons. The van der Waals surface area contributed by atoms with Crippen LogP contribution in [0.15, 0.2) is 65.9 Å². The van der Waals surface area contributed by atoms with E-state index >= 15 is 0 Å². The molecular weight excluding hydrogens is 266 g/mol. The quantitative estimate of drug-likeness (QED) is 0.867. The number of benzene rings is 1. The molecule has 1 aliphatic heterocycles. The monoisotopic (exact) mass is 279 g/mol. The zero-order valence-corrected chi connectivity index (χ0v) is 11.2. The molecule has 5 nitrogen and oxygen atoms in total. The highest BCUT2D eigenvalue weighted by molar-refractivity contribution is 6.03. The zero-order valence-electron chi connectivity index (χ0n) is 11.2. The largest absolute Gasteiger partial charge is 0.466 e. The van der Waals surface area contributed by atoms with E-state index in [1.807, 2.05) is 48.5 Å². The van der Waals surface area contributed by atoms with Gasteiger partial charge in [-0.05, 0) is 30.3 Å².